The van der Waals surface area contributed by atoms with Gasteiger partial charge in [0.25, 0.3) is 0 Å². The van der Waals surface area contributed by atoms with Crippen molar-refractivity contribution in [2.45, 2.75) is 20.0 Å². The average molecular weight is 330 g/mol. The molecule has 4 heteroatoms. The van der Waals surface area contributed by atoms with E-state index in [1.54, 1.807) is 23.7 Å². The third-order valence-electron chi connectivity index (χ3n) is 3.79. The van der Waals surface area contributed by atoms with E-state index in [0.29, 0.717) is 5.02 Å². The van der Waals surface area contributed by atoms with E-state index in [-0.39, 0.29) is 0 Å². The lowest BCUT2D eigenvalue weighted by molar-refractivity contribution is 0.220. The SMILES string of the molecule is Cc1sc(-c2cccc(Cl)c2)c(C(O)c2cccnc2)c1C. The summed E-state index contributed by atoms with van der Waals surface area (Å²) in [4.78, 5) is 6.37. The second-order valence-corrected chi connectivity index (χ2v) is 6.89. The molecule has 3 rings (SSSR count). The molecule has 0 fully saturated rings. The van der Waals surface area contributed by atoms with Crippen LogP contribution >= 0.6 is 22.9 Å². The molecule has 1 atom stereocenters. The molecular formula is C18H16ClNOS. The molecule has 2 aromatic heterocycles. The Morgan fingerprint density at radius 1 is 1.18 bits per heavy atom. The van der Waals surface area contributed by atoms with E-state index in [0.717, 1.165) is 27.1 Å². The lowest BCUT2D eigenvalue weighted by atomic mass is 9.96. The zero-order chi connectivity index (χ0) is 15.7. The Labute approximate surface area is 139 Å². The van der Waals surface area contributed by atoms with Crippen LogP contribution in [0.25, 0.3) is 10.4 Å². The Kier molecular flexibility index (Phi) is 4.30. The van der Waals surface area contributed by atoms with Crippen molar-refractivity contribution in [3.8, 4) is 10.4 Å². The zero-order valence-corrected chi connectivity index (χ0v) is 13.9. The number of halogens is 1. The minimum absolute atomic E-state index is 0.687. The highest BCUT2D eigenvalue weighted by molar-refractivity contribution is 7.15. The lowest BCUT2D eigenvalue weighted by Gasteiger charge is -2.14. The van der Waals surface area contributed by atoms with Gasteiger partial charge < -0.3 is 5.11 Å². The summed E-state index contributed by atoms with van der Waals surface area (Å²) in [5.74, 6) is 0. The summed E-state index contributed by atoms with van der Waals surface area (Å²) in [5.41, 5.74) is 3.90. The smallest absolute Gasteiger partial charge is 0.107 e. The number of aliphatic hydroxyl groups excluding tert-OH is 1. The van der Waals surface area contributed by atoms with E-state index in [9.17, 15) is 5.11 Å². The predicted octanol–water partition coefficient (Wildman–Crippen LogP) is 5.16. The molecule has 0 aliphatic heterocycles. The van der Waals surface area contributed by atoms with Gasteiger partial charge in [-0.3, -0.25) is 4.98 Å². The highest BCUT2D eigenvalue weighted by atomic mass is 35.5. The summed E-state index contributed by atoms with van der Waals surface area (Å²) in [5, 5.41) is 11.5. The first-order valence-electron chi connectivity index (χ1n) is 7.01. The van der Waals surface area contributed by atoms with Crippen LogP contribution in [0.3, 0.4) is 0 Å². The maximum atomic E-state index is 10.8. The molecule has 0 bridgehead atoms. The van der Waals surface area contributed by atoms with E-state index in [2.05, 4.69) is 18.8 Å². The molecule has 2 nitrogen and oxygen atoms in total. The van der Waals surface area contributed by atoms with Gasteiger partial charge in [-0.2, -0.15) is 0 Å². The number of rotatable bonds is 3. The lowest BCUT2D eigenvalue weighted by Crippen LogP contribution is -2.02. The normalized spacial score (nSPS) is 12.4. The molecule has 0 radical (unpaired) electrons. The topological polar surface area (TPSA) is 33.1 Å². The van der Waals surface area contributed by atoms with Crippen LogP contribution in [0.15, 0.2) is 48.8 Å². The zero-order valence-electron chi connectivity index (χ0n) is 12.4. The fraction of sp³-hybridized carbons (Fsp3) is 0.167. The summed E-state index contributed by atoms with van der Waals surface area (Å²) in [6.07, 6.45) is 2.73. The summed E-state index contributed by atoms with van der Waals surface area (Å²) in [7, 11) is 0. The van der Waals surface area contributed by atoms with Gasteiger partial charge in [-0.1, -0.05) is 29.8 Å². The number of hydrogen-bond donors (Lipinski definition) is 1. The van der Waals surface area contributed by atoms with E-state index in [1.807, 2.05) is 36.4 Å². The monoisotopic (exact) mass is 329 g/mol. The standard InChI is InChI=1S/C18H16ClNOS/c1-11-12(2)22-18(13-5-3-7-15(19)9-13)16(11)17(21)14-6-4-8-20-10-14/h3-10,17,21H,1-2H3. The van der Waals surface area contributed by atoms with Crippen LogP contribution in [-0.2, 0) is 0 Å². The number of hydrogen-bond acceptors (Lipinski definition) is 3. The number of thiophene rings is 1. The van der Waals surface area contributed by atoms with Gasteiger partial charge >= 0.3 is 0 Å². The first-order valence-corrected chi connectivity index (χ1v) is 8.21. The minimum Gasteiger partial charge on any atom is -0.384 e. The van der Waals surface area contributed by atoms with Gasteiger partial charge in [0, 0.05) is 38.3 Å². The van der Waals surface area contributed by atoms with Gasteiger partial charge in [0.05, 0.1) is 0 Å². The molecular weight excluding hydrogens is 314 g/mol. The van der Waals surface area contributed by atoms with Gasteiger partial charge in [-0.05, 0) is 43.2 Å². The Balaban J connectivity index is 2.15. The van der Waals surface area contributed by atoms with E-state index in [4.69, 9.17) is 11.6 Å². The van der Waals surface area contributed by atoms with Gasteiger partial charge in [-0.15, -0.1) is 11.3 Å². The van der Waals surface area contributed by atoms with Gasteiger partial charge in [0.15, 0.2) is 0 Å². The predicted molar refractivity (Wildman–Crippen MR) is 92.5 cm³/mol. The minimum atomic E-state index is -0.687. The molecule has 0 aliphatic carbocycles. The summed E-state index contributed by atoms with van der Waals surface area (Å²) < 4.78 is 0. The van der Waals surface area contributed by atoms with E-state index in [1.165, 1.54) is 4.88 Å². The molecule has 22 heavy (non-hydrogen) atoms. The van der Waals surface area contributed by atoms with Crippen LogP contribution in [0.2, 0.25) is 5.02 Å². The van der Waals surface area contributed by atoms with Crippen molar-refractivity contribution in [2.24, 2.45) is 0 Å². The second-order valence-electron chi connectivity index (χ2n) is 5.23. The molecule has 0 saturated heterocycles. The Bertz CT molecular complexity index is 798. The molecule has 0 amide bonds. The Morgan fingerprint density at radius 3 is 2.68 bits per heavy atom. The fourth-order valence-corrected chi connectivity index (χ4v) is 3.90. The van der Waals surface area contributed by atoms with Crippen molar-refractivity contribution >= 4 is 22.9 Å². The first-order chi connectivity index (χ1) is 10.6. The van der Waals surface area contributed by atoms with Crippen molar-refractivity contribution in [1.29, 1.82) is 0 Å². The van der Waals surface area contributed by atoms with Crippen LogP contribution in [-0.4, -0.2) is 10.1 Å². The first kappa shape index (κ1) is 15.2. The second kappa shape index (κ2) is 6.21. The largest absolute Gasteiger partial charge is 0.384 e. The quantitative estimate of drug-likeness (QED) is 0.719. The highest BCUT2D eigenvalue weighted by Gasteiger charge is 2.22. The van der Waals surface area contributed by atoms with Crippen molar-refractivity contribution in [2.75, 3.05) is 0 Å². The molecule has 1 unspecified atom stereocenters. The maximum Gasteiger partial charge on any atom is 0.107 e. The Morgan fingerprint density at radius 2 is 2.00 bits per heavy atom. The van der Waals surface area contributed by atoms with E-state index < -0.39 is 6.10 Å². The van der Waals surface area contributed by atoms with Crippen molar-refractivity contribution in [3.05, 3.63) is 75.4 Å². The van der Waals surface area contributed by atoms with Crippen LogP contribution < -0.4 is 0 Å². The Hall–Kier alpha value is -1.68. The van der Waals surface area contributed by atoms with Crippen molar-refractivity contribution in [3.63, 3.8) is 0 Å². The van der Waals surface area contributed by atoms with Crippen LogP contribution in [0.5, 0.6) is 0 Å². The molecule has 0 aliphatic rings. The molecule has 1 N–H and O–H groups in total. The highest BCUT2D eigenvalue weighted by Crippen LogP contribution is 2.41. The van der Waals surface area contributed by atoms with Crippen LogP contribution in [0, 0.1) is 13.8 Å². The number of benzene rings is 1. The molecule has 0 saturated carbocycles. The molecule has 1 aromatic carbocycles. The average Bonchev–Trinajstić information content (AvgIpc) is 2.83. The summed E-state index contributed by atoms with van der Waals surface area (Å²) >= 11 is 7.81. The van der Waals surface area contributed by atoms with Crippen molar-refractivity contribution < 1.29 is 5.11 Å². The van der Waals surface area contributed by atoms with Gasteiger partial charge in [-0.25, -0.2) is 0 Å². The molecule has 0 spiro atoms. The number of aryl methyl sites for hydroxylation is 1. The third kappa shape index (κ3) is 2.80. The fourth-order valence-electron chi connectivity index (χ4n) is 2.52. The molecule has 3 aromatic rings. The van der Waals surface area contributed by atoms with Gasteiger partial charge in [0.1, 0.15) is 6.10 Å². The molecule has 2 heterocycles. The maximum absolute atomic E-state index is 10.8. The number of nitrogens with zero attached hydrogens (tertiary/aromatic N) is 1. The van der Waals surface area contributed by atoms with Gasteiger partial charge in [0.2, 0.25) is 0 Å². The third-order valence-corrected chi connectivity index (χ3v) is 5.30. The van der Waals surface area contributed by atoms with Crippen LogP contribution in [0.1, 0.15) is 27.7 Å². The summed E-state index contributed by atoms with van der Waals surface area (Å²) in [6, 6.07) is 11.5. The van der Waals surface area contributed by atoms with Crippen molar-refractivity contribution in [1.82, 2.24) is 4.98 Å². The van der Waals surface area contributed by atoms with Crippen LogP contribution in [0.4, 0.5) is 0 Å². The number of pyridine rings is 1. The summed E-state index contributed by atoms with van der Waals surface area (Å²) in [6.45, 7) is 4.13. The van der Waals surface area contributed by atoms with E-state index >= 15 is 0 Å². The number of aliphatic hydroxyl groups is 1. The molecule has 112 valence electrons. The number of aromatic nitrogens is 1.